The minimum absolute atomic E-state index is 0.0252. The van der Waals surface area contributed by atoms with Crippen LogP contribution in [0.15, 0.2) is 53.5 Å². The van der Waals surface area contributed by atoms with E-state index in [1.165, 1.54) is 40.9 Å². The number of anilines is 1. The molecule has 3 rings (SSSR count). The molecule has 0 spiro atoms. The predicted octanol–water partition coefficient (Wildman–Crippen LogP) is 4.84. The number of hydrogen-bond acceptors (Lipinski definition) is 6. The van der Waals surface area contributed by atoms with Crippen LogP contribution in [0.25, 0.3) is 0 Å². The second kappa shape index (κ2) is 10.2. The van der Waals surface area contributed by atoms with Gasteiger partial charge in [-0.2, -0.15) is 0 Å². The maximum atomic E-state index is 12.7. The van der Waals surface area contributed by atoms with Crippen molar-refractivity contribution in [3.8, 4) is 11.5 Å². The molecule has 2 amide bonds. The van der Waals surface area contributed by atoms with Crippen LogP contribution in [0.2, 0.25) is 0 Å². The number of amides is 2. The Morgan fingerprint density at radius 2 is 1.81 bits per heavy atom. The van der Waals surface area contributed by atoms with Gasteiger partial charge in [-0.3, -0.25) is 14.5 Å². The molecule has 170 valence electrons. The van der Waals surface area contributed by atoms with Crippen molar-refractivity contribution in [1.29, 1.82) is 0 Å². The van der Waals surface area contributed by atoms with E-state index < -0.39 is 10.8 Å². The number of aliphatic imine (C=N–C) groups is 1. The first-order valence-electron chi connectivity index (χ1n) is 9.55. The van der Waals surface area contributed by atoms with Gasteiger partial charge in [0.1, 0.15) is 16.7 Å². The van der Waals surface area contributed by atoms with Crippen LogP contribution in [0, 0.1) is 0 Å². The van der Waals surface area contributed by atoms with Gasteiger partial charge in [0, 0.05) is 30.3 Å². The summed E-state index contributed by atoms with van der Waals surface area (Å²) in [5.41, 5.74) is -2.77. The minimum Gasteiger partial charge on any atom is -0.497 e. The zero-order chi connectivity index (χ0) is 23.3. The van der Waals surface area contributed by atoms with Crippen molar-refractivity contribution in [2.24, 2.45) is 4.99 Å². The van der Waals surface area contributed by atoms with Gasteiger partial charge in [-0.1, -0.05) is 11.8 Å². The van der Waals surface area contributed by atoms with E-state index in [4.69, 9.17) is 16.3 Å². The summed E-state index contributed by atoms with van der Waals surface area (Å²) in [5, 5.41) is 2.56. The van der Waals surface area contributed by atoms with Gasteiger partial charge in [0.05, 0.1) is 12.8 Å². The van der Waals surface area contributed by atoms with Crippen molar-refractivity contribution in [2.45, 2.75) is 24.2 Å². The summed E-state index contributed by atoms with van der Waals surface area (Å²) in [5.74, 6) is 0.0224. The standard InChI is InChI=1S/C21H20ClF2N3O4S/c1-3-27-19(29)17(12-18(28)25-13-4-8-15(30-2)9-5-13)32-20(27)26-14-6-10-16(11-7-14)31-21(22,23)24/h4-11,17H,3,12H2,1-2H3,(H,25,28)/t17-/m1/s1. The molecule has 2 aromatic carbocycles. The molecule has 1 saturated heterocycles. The van der Waals surface area contributed by atoms with Crippen LogP contribution in [-0.2, 0) is 9.59 Å². The third kappa shape index (κ3) is 6.33. The Morgan fingerprint density at radius 3 is 2.38 bits per heavy atom. The van der Waals surface area contributed by atoms with Crippen LogP contribution in [0.3, 0.4) is 0 Å². The number of carbonyl (C=O) groups is 2. The van der Waals surface area contributed by atoms with Crippen molar-refractivity contribution >= 4 is 51.7 Å². The van der Waals surface area contributed by atoms with E-state index in [0.29, 0.717) is 28.8 Å². The number of hydrogen-bond donors (Lipinski definition) is 1. The third-order valence-electron chi connectivity index (χ3n) is 4.38. The number of rotatable bonds is 8. The molecule has 0 aromatic heterocycles. The predicted molar refractivity (Wildman–Crippen MR) is 120 cm³/mol. The molecule has 1 aliphatic rings. The number of amidine groups is 1. The Labute approximate surface area is 192 Å². The first kappa shape index (κ1) is 23.8. The van der Waals surface area contributed by atoms with Gasteiger partial charge in [0.2, 0.25) is 11.8 Å². The molecule has 1 fully saturated rings. The zero-order valence-corrected chi connectivity index (χ0v) is 18.8. The molecule has 11 heteroatoms. The molecule has 32 heavy (non-hydrogen) atoms. The summed E-state index contributed by atoms with van der Waals surface area (Å²) >= 11 is 5.93. The summed E-state index contributed by atoms with van der Waals surface area (Å²) in [6.07, 6.45) is -0.0252. The monoisotopic (exact) mass is 483 g/mol. The van der Waals surface area contributed by atoms with E-state index in [-0.39, 0.29) is 24.0 Å². The third-order valence-corrected chi connectivity index (χ3v) is 5.63. The van der Waals surface area contributed by atoms with Gasteiger partial charge in [0.25, 0.3) is 0 Å². The van der Waals surface area contributed by atoms with E-state index in [0.717, 1.165) is 0 Å². The smallest absolute Gasteiger partial charge is 0.487 e. The second-order valence-corrected chi connectivity index (χ2v) is 8.22. The van der Waals surface area contributed by atoms with Crippen LogP contribution >= 0.6 is 23.4 Å². The van der Waals surface area contributed by atoms with E-state index >= 15 is 0 Å². The van der Waals surface area contributed by atoms with Gasteiger partial charge >= 0.3 is 5.57 Å². The van der Waals surface area contributed by atoms with Gasteiger partial charge in [-0.25, -0.2) is 4.99 Å². The number of nitrogens with zero attached hydrogens (tertiary/aromatic N) is 2. The summed E-state index contributed by atoms with van der Waals surface area (Å²) in [6, 6.07) is 12.4. The number of thioether (sulfide) groups is 1. The second-order valence-electron chi connectivity index (χ2n) is 6.61. The number of carbonyl (C=O) groups excluding carboxylic acids is 2. The number of benzene rings is 2. The van der Waals surface area contributed by atoms with Crippen molar-refractivity contribution in [2.75, 3.05) is 19.0 Å². The molecule has 0 saturated carbocycles. The average Bonchev–Trinajstić information content (AvgIpc) is 3.02. The SMILES string of the molecule is CCN1C(=O)[C@@H](CC(=O)Nc2ccc(OC)cc2)SC1=Nc1ccc(OC(F)(F)Cl)cc1. The van der Waals surface area contributed by atoms with E-state index in [9.17, 15) is 18.4 Å². The van der Waals surface area contributed by atoms with Gasteiger partial charge in [0.15, 0.2) is 5.17 Å². The summed E-state index contributed by atoms with van der Waals surface area (Å²) in [4.78, 5) is 31.1. The Kier molecular flexibility index (Phi) is 7.57. The molecule has 2 aromatic rings. The fraction of sp³-hybridized carbons (Fsp3) is 0.286. The molecule has 0 bridgehead atoms. The van der Waals surface area contributed by atoms with Gasteiger partial charge in [-0.15, -0.1) is 8.78 Å². The lowest BCUT2D eigenvalue weighted by molar-refractivity contribution is -0.128. The Bertz CT molecular complexity index is 998. The molecule has 1 N–H and O–H groups in total. The number of halogens is 3. The van der Waals surface area contributed by atoms with Crippen molar-refractivity contribution in [3.05, 3.63) is 48.5 Å². The highest BCUT2D eigenvalue weighted by molar-refractivity contribution is 8.15. The maximum absolute atomic E-state index is 12.7. The Hall–Kier alpha value is -2.85. The Morgan fingerprint density at radius 1 is 1.19 bits per heavy atom. The Balaban J connectivity index is 1.66. The minimum atomic E-state index is -3.81. The van der Waals surface area contributed by atoms with Crippen LogP contribution in [-0.4, -0.2) is 46.4 Å². The number of ether oxygens (including phenoxy) is 2. The normalized spacial score (nSPS) is 17.5. The highest BCUT2D eigenvalue weighted by Crippen LogP contribution is 2.33. The fourth-order valence-corrected chi connectivity index (χ4v) is 4.21. The van der Waals surface area contributed by atoms with Crippen molar-refractivity contribution < 1.29 is 27.8 Å². The number of alkyl halides is 3. The number of nitrogens with one attached hydrogen (secondary N) is 1. The highest BCUT2D eigenvalue weighted by Gasteiger charge is 2.38. The lowest BCUT2D eigenvalue weighted by atomic mass is 10.2. The zero-order valence-electron chi connectivity index (χ0n) is 17.2. The molecule has 0 aliphatic carbocycles. The van der Waals surface area contributed by atoms with Crippen LogP contribution in [0.1, 0.15) is 13.3 Å². The molecule has 7 nitrogen and oxygen atoms in total. The molecule has 1 atom stereocenters. The van der Waals surface area contributed by atoms with Gasteiger partial charge < -0.3 is 14.8 Å². The van der Waals surface area contributed by atoms with E-state index in [2.05, 4.69) is 15.0 Å². The molecule has 1 aliphatic heterocycles. The van der Waals surface area contributed by atoms with Crippen LogP contribution in [0.5, 0.6) is 11.5 Å². The lowest BCUT2D eigenvalue weighted by Gasteiger charge is -2.13. The maximum Gasteiger partial charge on any atom is 0.487 e. The van der Waals surface area contributed by atoms with E-state index in [1.807, 2.05) is 0 Å². The fourth-order valence-electron chi connectivity index (χ4n) is 2.90. The molecule has 1 heterocycles. The number of methoxy groups -OCH3 is 1. The first-order valence-corrected chi connectivity index (χ1v) is 10.8. The van der Waals surface area contributed by atoms with E-state index in [1.54, 1.807) is 38.3 Å². The highest BCUT2D eigenvalue weighted by atomic mass is 35.5. The summed E-state index contributed by atoms with van der Waals surface area (Å²) in [7, 11) is 1.55. The van der Waals surface area contributed by atoms with Crippen molar-refractivity contribution in [3.63, 3.8) is 0 Å². The summed E-state index contributed by atoms with van der Waals surface area (Å²) < 4.78 is 34.8. The summed E-state index contributed by atoms with van der Waals surface area (Å²) in [6.45, 7) is 2.17. The average molecular weight is 484 g/mol. The largest absolute Gasteiger partial charge is 0.497 e. The molecule has 0 radical (unpaired) electrons. The van der Waals surface area contributed by atoms with Crippen LogP contribution in [0.4, 0.5) is 20.2 Å². The van der Waals surface area contributed by atoms with Crippen molar-refractivity contribution in [1.82, 2.24) is 4.90 Å². The van der Waals surface area contributed by atoms with Gasteiger partial charge in [-0.05, 0) is 55.5 Å². The van der Waals surface area contributed by atoms with Crippen LogP contribution < -0.4 is 14.8 Å². The molecular weight excluding hydrogens is 464 g/mol. The molecular formula is C21H20ClF2N3O4S. The quantitative estimate of drug-likeness (QED) is 0.543. The lowest BCUT2D eigenvalue weighted by Crippen LogP contribution is -2.33. The topological polar surface area (TPSA) is 80.2 Å². The molecule has 0 unspecified atom stereocenters. The first-order chi connectivity index (χ1) is 15.2.